The second-order valence-corrected chi connectivity index (χ2v) is 6.90. The van der Waals surface area contributed by atoms with Gasteiger partial charge in [-0.1, -0.05) is 29.5 Å². The Hall–Kier alpha value is -3.00. The minimum absolute atomic E-state index is 0.0656. The van der Waals surface area contributed by atoms with Crippen molar-refractivity contribution in [2.75, 3.05) is 12.5 Å². The number of aryl methyl sites for hydroxylation is 2. The fraction of sp³-hybridized carbons (Fsp3) is 0.211. The molecular weight excluding hydrogens is 368 g/mol. The van der Waals surface area contributed by atoms with Crippen molar-refractivity contribution >= 4 is 17.7 Å². The van der Waals surface area contributed by atoms with Crippen molar-refractivity contribution in [3.8, 4) is 28.7 Å². The van der Waals surface area contributed by atoms with E-state index in [9.17, 15) is 4.79 Å². The predicted molar refractivity (Wildman–Crippen MR) is 98.1 cm³/mol. The van der Waals surface area contributed by atoms with Gasteiger partial charge in [-0.15, -0.1) is 10.2 Å². The van der Waals surface area contributed by atoms with Crippen LogP contribution in [0.2, 0.25) is 0 Å². The van der Waals surface area contributed by atoms with Crippen molar-refractivity contribution < 1.29 is 23.4 Å². The maximum Gasteiger partial charge on any atom is 0.321 e. The lowest BCUT2D eigenvalue weighted by Crippen LogP contribution is -2.11. The molecule has 2 aromatic carbocycles. The van der Waals surface area contributed by atoms with Gasteiger partial charge in [0.1, 0.15) is 11.5 Å². The first kappa shape index (κ1) is 17.4. The minimum atomic E-state index is -0.380. The molecule has 0 unspecified atom stereocenters. The molecule has 0 radical (unpaired) electrons. The van der Waals surface area contributed by atoms with Crippen molar-refractivity contribution in [3.05, 3.63) is 47.5 Å². The molecule has 0 atom stereocenters. The summed E-state index contributed by atoms with van der Waals surface area (Å²) in [6.45, 7) is 4.09. The van der Waals surface area contributed by atoms with E-state index in [2.05, 4.69) is 10.2 Å². The van der Waals surface area contributed by atoms with Gasteiger partial charge < -0.3 is 18.6 Å². The Morgan fingerprint density at radius 3 is 2.81 bits per heavy atom. The summed E-state index contributed by atoms with van der Waals surface area (Å²) in [5.41, 5.74) is 2.75. The molecule has 2 heterocycles. The van der Waals surface area contributed by atoms with Gasteiger partial charge in [-0.05, 0) is 43.7 Å². The van der Waals surface area contributed by atoms with Gasteiger partial charge >= 0.3 is 5.97 Å². The summed E-state index contributed by atoms with van der Waals surface area (Å²) in [6.07, 6.45) is 0. The van der Waals surface area contributed by atoms with Gasteiger partial charge in [0.05, 0.1) is 0 Å². The lowest BCUT2D eigenvalue weighted by Gasteiger charge is -2.07. The number of carbonyl (C=O) groups excluding carboxylic acids is 1. The van der Waals surface area contributed by atoms with Crippen molar-refractivity contribution in [2.24, 2.45) is 0 Å². The molecule has 27 heavy (non-hydrogen) atoms. The van der Waals surface area contributed by atoms with Crippen LogP contribution in [0.15, 0.2) is 46.0 Å². The van der Waals surface area contributed by atoms with E-state index in [-0.39, 0.29) is 18.5 Å². The monoisotopic (exact) mass is 384 g/mol. The number of fused-ring (bicyclic) bond motifs is 1. The smallest absolute Gasteiger partial charge is 0.321 e. The summed E-state index contributed by atoms with van der Waals surface area (Å²) < 4.78 is 21.6. The number of esters is 1. The van der Waals surface area contributed by atoms with Crippen molar-refractivity contribution in [1.29, 1.82) is 0 Å². The third kappa shape index (κ3) is 3.90. The first-order valence-corrected chi connectivity index (χ1v) is 9.21. The molecule has 0 N–H and O–H groups in total. The van der Waals surface area contributed by atoms with Crippen molar-refractivity contribution in [2.45, 2.75) is 19.1 Å². The summed E-state index contributed by atoms with van der Waals surface area (Å²) in [4.78, 5) is 12.1. The number of hydrogen-bond donors (Lipinski definition) is 0. The maximum absolute atomic E-state index is 12.1. The van der Waals surface area contributed by atoms with E-state index >= 15 is 0 Å². The van der Waals surface area contributed by atoms with E-state index < -0.39 is 0 Å². The van der Waals surface area contributed by atoms with Crippen LogP contribution in [-0.4, -0.2) is 28.7 Å². The Kier molecular flexibility index (Phi) is 4.72. The molecule has 0 spiro atoms. The molecule has 1 aliphatic rings. The second kappa shape index (κ2) is 7.32. The van der Waals surface area contributed by atoms with E-state index in [0.717, 1.165) is 28.5 Å². The summed E-state index contributed by atoms with van der Waals surface area (Å²) >= 11 is 1.13. The van der Waals surface area contributed by atoms with Crippen LogP contribution in [0.5, 0.6) is 17.2 Å². The van der Waals surface area contributed by atoms with E-state index in [1.165, 1.54) is 0 Å². The zero-order valence-corrected chi connectivity index (χ0v) is 15.5. The standard InChI is InChI=1S/C19H16N2O5S/c1-11-3-5-14(12(2)7-11)25-17(22)9-27-19-21-20-18(26-19)13-4-6-15-16(8-13)24-10-23-15/h3-8H,9-10H2,1-2H3. The van der Waals surface area contributed by atoms with E-state index in [1.54, 1.807) is 18.2 Å². The second-order valence-electron chi connectivity index (χ2n) is 5.97. The number of aromatic nitrogens is 2. The third-order valence-corrected chi connectivity index (χ3v) is 4.69. The highest BCUT2D eigenvalue weighted by atomic mass is 32.2. The topological polar surface area (TPSA) is 83.7 Å². The summed E-state index contributed by atoms with van der Waals surface area (Å²) in [5.74, 6) is 1.90. The summed E-state index contributed by atoms with van der Waals surface area (Å²) in [5, 5.41) is 8.26. The largest absolute Gasteiger partial charge is 0.454 e. The number of ether oxygens (including phenoxy) is 3. The van der Waals surface area contributed by atoms with Crippen LogP contribution < -0.4 is 14.2 Å². The molecule has 8 heteroatoms. The average molecular weight is 384 g/mol. The molecule has 0 fully saturated rings. The third-order valence-electron chi connectivity index (χ3n) is 3.89. The van der Waals surface area contributed by atoms with Gasteiger partial charge in [-0.2, -0.15) is 0 Å². The molecule has 0 saturated heterocycles. The Morgan fingerprint density at radius 1 is 1.11 bits per heavy atom. The number of rotatable bonds is 5. The quantitative estimate of drug-likeness (QED) is 0.373. The van der Waals surface area contributed by atoms with Crippen LogP contribution in [0.1, 0.15) is 11.1 Å². The fourth-order valence-electron chi connectivity index (χ4n) is 2.60. The zero-order chi connectivity index (χ0) is 18.8. The van der Waals surface area contributed by atoms with Gasteiger partial charge in [0, 0.05) is 5.56 Å². The normalized spacial score (nSPS) is 12.2. The first-order chi connectivity index (χ1) is 13.1. The van der Waals surface area contributed by atoms with Crippen LogP contribution >= 0.6 is 11.8 Å². The summed E-state index contributed by atoms with van der Waals surface area (Å²) in [6, 6.07) is 11.0. The minimum Gasteiger partial charge on any atom is -0.454 e. The highest BCUT2D eigenvalue weighted by molar-refractivity contribution is 7.99. The van der Waals surface area contributed by atoms with E-state index in [1.807, 2.05) is 32.0 Å². The van der Waals surface area contributed by atoms with Gasteiger partial charge in [-0.25, -0.2) is 0 Å². The number of nitrogens with zero attached hydrogens (tertiary/aromatic N) is 2. The van der Waals surface area contributed by atoms with Crippen LogP contribution in [0, 0.1) is 13.8 Å². The molecule has 1 aliphatic heterocycles. The summed E-state index contributed by atoms with van der Waals surface area (Å²) in [7, 11) is 0. The van der Waals surface area contributed by atoms with E-state index in [4.69, 9.17) is 18.6 Å². The number of hydrogen-bond acceptors (Lipinski definition) is 8. The number of carbonyl (C=O) groups is 1. The van der Waals surface area contributed by atoms with Gasteiger partial charge in [-0.3, -0.25) is 4.79 Å². The fourth-order valence-corrected chi connectivity index (χ4v) is 3.14. The molecule has 7 nitrogen and oxygen atoms in total. The molecule has 1 aromatic heterocycles. The Balaban J connectivity index is 1.37. The van der Waals surface area contributed by atoms with Crippen molar-refractivity contribution in [1.82, 2.24) is 10.2 Å². The van der Waals surface area contributed by atoms with Gasteiger partial charge in [0.25, 0.3) is 5.22 Å². The van der Waals surface area contributed by atoms with Gasteiger partial charge in [0.15, 0.2) is 11.5 Å². The highest BCUT2D eigenvalue weighted by Crippen LogP contribution is 2.36. The molecule has 3 aromatic rings. The molecular formula is C19H16N2O5S. The van der Waals surface area contributed by atoms with E-state index in [0.29, 0.717) is 28.4 Å². The maximum atomic E-state index is 12.1. The number of thioether (sulfide) groups is 1. The van der Waals surface area contributed by atoms with Crippen molar-refractivity contribution in [3.63, 3.8) is 0 Å². The zero-order valence-electron chi connectivity index (χ0n) is 14.7. The molecule has 0 amide bonds. The first-order valence-electron chi connectivity index (χ1n) is 8.23. The SMILES string of the molecule is Cc1ccc(OC(=O)CSc2nnc(-c3ccc4c(c3)OCO4)o2)c(C)c1. The van der Waals surface area contributed by atoms with Crippen LogP contribution in [0.4, 0.5) is 0 Å². The predicted octanol–water partition coefficient (Wildman–Crippen LogP) is 3.78. The lowest BCUT2D eigenvalue weighted by atomic mass is 10.1. The molecule has 0 saturated carbocycles. The molecule has 0 bridgehead atoms. The van der Waals surface area contributed by atoms with Crippen LogP contribution in [0.25, 0.3) is 11.5 Å². The van der Waals surface area contributed by atoms with Crippen LogP contribution in [0.3, 0.4) is 0 Å². The average Bonchev–Trinajstić information content (AvgIpc) is 3.30. The highest BCUT2D eigenvalue weighted by Gasteiger charge is 2.17. The molecule has 138 valence electrons. The molecule has 4 rings (SSSR count). The number of benzene rings is 2. The lowest BCUT2D eigenvalue weighted by molar-refractivity contribution is -0.131. The Morgan fingerprint density at radius 2 is 1.96 bits per heavy atom. The van der Waals surface area contributed by atoms with Gasteiger partial charge in [0.2, 0.25) is 12.7 Å². The Labute approximate surface area is 159 Å². The Bertz CT molecular complexity index is 1000. The van der Waals surface area contributed by atoms with Crippen LogP contribution in [-0.2, 0) is 4.79 Å². The molecule has 0 aliphatic carbocycles.